The zero-order valence-electron chi connectivity index (χ0n) is 11.1. The zero-order chi connectivity index (χ0) is 15.4. The molecule has 0 atom stereocenters. The van der Waals surface area contributed by atoms with Crippen molar-refractivity contribution >= 4 is 52.2 Å². The molecule has 0 aliphatic heterocycles. The number of rotatable bonds is 4. The van der Waals surface area contributed by atoms with Crippen LogP contribution in [0.4, 0.5) is 11.5 Å². The van der Waals surface area contributed by atoms with Crippen LogP contribution in [-0.4, -0.2) is 17.4 Å². The summed E-state index contributed by atoms with van der Waals surface area (Å²) in [5.74, 6) is 0.190. The van der Waals surface area contributed by atoms with Crippen molar-refractivity contribution in [1.29, 1.82) is 0 Å². The molecule has 2 N–H and O–H groups in total. The van der Waals surface area contributed by atoms with Crippen molar-refractivity contribution in [3.63, 3.8) is 0 Å². The smallest absolute Gasteiger partial charge is 0.255 e. The van der Waals surface area contributed by atoms with Crippen LogP contribution in [0.3, 0.4) is 0 Å². The molecule has 0 aliphatic carbocycles. The molecule has 0 saturated carbocycles. The fraction of sp³-hybridized carbons (Fsp3) is 0.143. The Kier molecular flexibility index (Phi) is 5.28. The van der Waals surface area contributed by atoms with Crippen molar-refractivity contribution < 1.29 is 4.79 Å². The van der Waals surface area contributed by atoms with E-state index in [4.69, 9.17) is 34.8 Å². The molecule has 1 amide bonds. The molecule has 1 aromatic carbocycles. The summed E-state index contributed by atoms with van der Waals surface area (Å²) >= 11 is 17.9. The lowest BCUT2D eigenvalue weighted by molar-refractivity contribution is 0.102. The minimum Gasteiger partial charge on any atom is -0.370 e. The normalized spacial score (nSPS) is 10.3. The van der Waals surface area contributed by atoms with Crippen LogP contribution < -0.4 is 10.6 Å². The van der Waals surface area contributed by atoms with E-state index < -0.39 is 0 Å². The van der Waals surface area contributed by atoms with Gasteiger partial charge in [-0.1, -0.05) is 40.9 Å². The van der Waals surface area contributed by atoms with Crippen LogP contribution >= 0.6 is 34.8 Å². The third-order valence-electron chi connectivity index (χ3n) is 2.61. The van der Waals surface area contributed by atoms with Crippen LogP contribution in [0, 0.1) is 0 Å². The van der Waals surface area contributed by atoms with E-state index in [1.165, 1.54) is 6.07 Å². The van der Waals surface area contributed by atoms with E-state index in [2.05, 4.69) is 15.6 Å². The van der Waals surface area contributed by atoms with Gasteiger partial charge in [-0.05, 0) is 31.2 Å². The van der Waals surface area contributed by atoms with E-state index in [0.29, 0.717) is 33.7 Å². The van der Waals surface area contributed by atoms with E-state index in [1.807, 2.05) is 6.92 Å². The molecule has 1 aromatic heterocycles. The van der Waals surface area contributed by atoms with Gasteiger partial charge in [-0.15, -0.1) is 0 Å². The van der Waals surface area contributed by atoms with Crippen LogP contribution in [0.25, 0.3) is 0 Å². The minimum absolute atomic E-state index is 0.232. The van der Waals surface area contributed by atoms with E-state index in [-0.39, 0.29) is 11.1 Å². The van der Waals surface area contributed by atoms with E-state index in [0.717, 1.165) is 0 Å². The quantitative estimate of drug-likeness (QED) is 0.789. The topological polar surface area (TPSA) is 54.0 Å². The van der Waals surface area contributed by atoms with Crippen LogP contribution in [-0.2, 0) is 0 Å². The van der Waals surface area contributed by atoms with Gasteiger partial charge >= 0.3 is 0 Å². The summed E-state index contributed by atoms with van der Waals surface area (Å²) in [5.41, 5.74) is 0.814. The number of carbonyl (C=O) groups is 1. The number of aromatic nitrogens is 1. The molecule has 0 fully saturated rings. The Hall–Kier alpha value is -1.49. The molecule has 110 valence electrons. The van der Waals surface area contributed by atoms with Gasteiger partial charge in [0.15, 0.2) is 0 Å². The highest BCUT2D eigenvalue weighted by atomic mass is 35.5. The van der Waals surface area contributed by atoms with Crippen molar-refractivity contribution in [1.82, 2.24) is 4.98 Å². The predicted octanol–water partition coefficient (Wildman–Crippen LogP) is 4.73. The number of nitrogens with one attached hydrogen (secondary N) is 2. The summed E-state index contributed by atoms with van der Waals surface area (Å²) in [6, 6.07) is 8.11. The molecule has 0 saturated heterocycles. The lowest BCUT2D eigenvalue weighted by Gasteiger charge is -2.10. The van der Waals surface area contributed by atoms with Crippen molar-refractivity contribution in [2.45, 2.75) is 6.92 Å². The standard InChI is InChI=1S/C14H12Cl3N3O/c1-2-18-12-7-8(6-11(16)20-12)14(21)19-10-5-3-4-9(15)13(10)17/h3-7H,2H2,1H3,(H,18,20)(H,19,21). The van der Waals surface area contributed by atoms with Crippen LogP contribution in [0.15, 0.2) is 30.3 Å². The highest BCUT2D eigenvalue weighted by molar-refractivity contribution is 6.44. The summed E-state index contributed by atoms with van der Waals surface area (Å²) < 4.78 is 0. The second-order valence-corrected chi connectivity index (χ2v) is 5.32. The summed E-state index contributed by atoms with van der Waals surface area (Å²) in [7, 11) is 0. The Balaban J connectivity index is 2.26. The average Bonchev–Trinajstić information content (AvgIpc) is 2.43. The predicted molar refractivity (Wildman–Crippen MR) is 87.8 cm³/mol. The third kappa shape index (κ3) is 4.00. The largest absolute Gasteiger partial charge is 0.370 e. The number of amides is 1. The average molecular weight is 345 g/mol. The first kappa shape index (κ1) is 15.9. The Morgan fingerprint density at radius 1 is 1.24 bits per heavy atom. The summed E-state index contributed by atoms with van der Waals surface area (Å²) in [6.07, 6.45) is 0. The van der Waals surface area contributed by atoms with Crippen LogP contribution in [0.2, 0.25) is 15.2 Å². The molecule has 0 spiro atoms. The van der Waals surface area contributed by atoms with Gasteiger partial charge in [-0.25, -0.2) is 4.98 Å². The molecule has 0 bridgehead atoms. The van der Waals surface area contributed by atoms with Gasteiger partial charge in [-0.2, -0.15) is 0 Å². The number of hydrogen-bond acceptors (Lipinski definition) is 3. The number of pyridine rings is 1. The van der Waals surface area contributed by atoms with Gasteiger partial charge < -0.3 is 10.6 Å². The first-order valence-corrected chi connectivity index (χ1v) is 7.31. The molecular weight excluding hydrogens is 333 g/mol. The molecule has 2 rings (SSSR count). The van der Waals surface area contributed by atoms with E-state index in [9.17, 15) is 4.79 Å². The lowest BCUT2D eigenvalue weighted by atomic mass is 10.2. The Bertz CT molecular complexity index is 677. The molecule has 0 aliphatic rings. The summed E-state index contributed by atoms with van der Waals surface area (Å²) in [6.45, 7) is 2.60. The number of anilines is 2. The number of hydrogen-bond donors (Lipinski definition) is 2. The second kappa shape index (κ2) is 6.98. The molecule has 2 aromatic rings. The Morgan fingerprint density at radius 2 is 2.00 bits per heavy atom. The molecule has 21 heavy (non-hydrogen) atoms. The van der Waals surface area contributed by atoms with Crippen molar-refractivity contribution in [2.75, 3.05) is 17.2 Å². The molecule has 7 heteroatoms. The van der Waals surface area contributed by atoms with Crippen molar-refractivity contribution in [3.8, 4) is 0 Å². The van der Waals surface area contributed by atoms with Gasteiger partial charge in [-0.3, -0.25) is 4.79 Å². The minimum atomic E-state index is -0.345. The van der Waals surface area contributed by atoms with Crippen LogP contribution in [0.5, 0.6) is 0 Å². The van der Waals surface area contributed by atoms with Crippen molar-refractivity contribution in [2.24, 2.45) is 0 Å². The molecular formula is C14H12Cl3N3O. The fourth-order valence-corrected chi connectivity index (χ4v) is 2.25. The van der Waals surface area contributed by atoms with Gasteiger partial charge in [0.05, 0.1) is 15.7 Å². The highest BCUT2D eigenvalue weighted by Gasteiger charge is 2.12. The Labute approximate surface area is 137 Å². The van der Waals surface area contributed by atoms with Crippen molar-refractivity contribution in [3.05, 3.63) is 51.1 Å². The van der Waals surface area contributed by atoms with Gasteiger partial charge in [0, 0.05) is 12.1 Å². The number of halogens is 3. The number of benzene rings is 1. The summed E-state index contributed by atoms with van der Waals surface area (Å²) in [5, 5.41) is 6.59. The summed E-state index contributed by atoms with van der Waals surface area (Å²) in [4.78, 5) is 16.3. The van der Waals surface area contributed by atoms with Gasteiger partial charge in [0.2, 0.25) is 0 Å². The first-order valence-electron chi connectivity index (χ1n) is 6.18. The third-order valence-corrected chi connectivity index (χ3v) is 3.63. The molecule has 4 nitrogen and oxygen atoms in total. The zero-order valence-corrected chi connectivity index (χ0v) is 13.4. The van der Waals surface area contributed by atoms with Gasteiger partial charge in [0.25, 0.3) is 5.91 Å². The maximum atomic E-state index is 12.3. The maximum Gasteiger partial charge on any atom is 0.255 e. The highest BCUT2D eigenvalue weighted by Crippen LogP contribution is 2.30. The number of carbonyl (C=O) groups excluding carboxylic acids is 1. The number of nitrogens with zero attached hydrogens (tertiary/aromatic N) is 1. The molecule has 1 heterocycles. The SMILES string of the molecule is CCNc1cc(C(=O)Nc2cccc(Cl)c2Cl)cc(Cl)n1. The monoisotopic (exact) mass is 343 g/mol. The molecule has 0 unspecified atom stereocenters. The van der Waals surface area contributed by atoms with Gasteiger partial charge in [0.1, 0.15) is 11.0 Å². The first-order chi connectivity index (χ1) is 10.0. The van der Waals surface area contributed by atoms with Crippen LogP contribution in [0.1, 0.15) is 17.3 Å². The van der Waals surface area contributed by atoms with E-state index in [1.54, 1.807) is 24.3 Å². The maximum absolute atomic E-state index is 12.3. The second-order valence-electron chi connectivity index (χ2n) is 4.15. The van der Waals surface area contributed by atoms with E-state index >= 15 is 0 Å². The fourth-order valence-electron chi connectivity index (χ4n) is 1.69. The lowest BCUT2D eigenvalue weighted by Crippen LogP contribution is -2.13. The molecule has 0 radical (unpaired) electrons. The Morgan fingerprint density at radius 3 is 2.71 bits per heavy atom.